The number of hydrogen-bond acceptors (Lipinski definition) is 4. The highest BCUT2D eigenvalue weighted by Gasteiger charge is 2.24. The minimum Gasteiger partial charge on any atom is -0.348 e. The quantitative estimate of drug-likeness (QED) is 0.248. The number of nitrogens with zero attached hydrogens (tertiary/aromatic N) is 3. The summed E-state index contributed by atoms with van der Waals surface area (Å²) in [5, 5.41) is 13.9. The molecule has 0 radical (unpaired) electrons. The molecule has 3 heterocycles. The van der Waals surface area contributed by atoms with Gasteiger partial charge in [0.1, 0.15) is 11.6 Å². The number of amides is 3. The van der Waals surface area contributed by atoms with E-state index in [1.165, 1.54) is 12.1 Å². The number of nitrogens with one attached hydrogen (secondary N) is 3. The van der Waals surface area contributed by atoms with Crippen LogP contribution >= 0.6 is 0 Å². The fourth-order valence-electron chi connectivity index (χ4n) is 4.81. The smallest absolute Gasteiger partial charge is 0.324 e. The highest BCUT2D eigenvalue weighted by molar-refractivity contribution is 6.01. The summed E-state index contributed by atoms with van der Waals surface area (Å²) < 4.78 is 16.8. The van der Waals surface area contributed by atoms with Crippen LogP contribution in [-0.4, -0.2) is 26.7 Å². The Balaban J connectivity index is 1.27. The van der Waals surface area contributed by atoms with Gasteiger partial charge in [0.15, 0.2) is 0 Å². The summed E-state index contributed by atoms with van der Waals surface area (Å²) in [6.45, 7) is 6.52. The molecule has 2 aromatic heterocycles. The first kappa shape index (κ1) is 25.2. The Hall–Kier alpha value is -5.05. The normalized spacial score (nSPS) is 12.8. The lowest BCUT2D eigenvalue weighted by atomic mass is 9.92. The van der Waals surface area contributed by atoms with Gasteiger partial charge in [0.05, 0.1) is 22.6 Å². The standard InChI is InChI=1S/C31H27FN6O2/c1-31(2,3)27-16-28(38(37-27)20-10-12-25-19(14-20)6-5-13-33-25)36-30(40)35-26-11-9-18(15-24(26)32)21-7-4-8-22-23(21)17-34-29(22)39/h4-16H,17H2,1-3H3,(H,34,39)(H2,35,36,40). The second-order valence-corrected chi connectivity index (χ2v) is 10.7. The molecule has 9 heteroatoms. The summed E-state index contributed by atoms with van der Waals surface area (Å²) in [5.74, 6) is -0.283. The van der Waals surface area contributed by atoms with Crippen LogP contribution < -0.4 is 16.0 Å². The van der Waals surface area contributed by atoms with Crippen molar-refractivity contribution in [3.8, 4) is 16.8 Å². The molecule has 0 saturated carbocycles. The van der Waals surface area contributed by atoms with Gasteiger partial charge in [-0.15, -0.1) is 0 Å². The van der Waals surface area contributed by atoms with Gasteiger partial charge < -0.3 is 10.6 Å². The lowest BCUT2D eigenvalue weighted by Crippen LogP contribution is -2.22. The van der Waals surface area contributed by atoms with Crippen molar-refractivity contribution in [2.45, 2.75) is 32.7 Å². The number of rotatable bonds is 4. The third-order valence-corrected chi connectivity index (χ3v) is 6.93. The molecule has 8 nitrogen and oxygen atoms in total. The van der Waals surface area contributed by atoms with E-state index in [-0.39, 0.29) is 17.0 Å². The fraction of sp³-hybridized carbons (Fsp3) is 0.161. The molecule has 0 fully saturated rings. The van der Waals surface area contributed by atoms with Crippen molar-refractivity contribution in [3.63, 3.8) is 0 Å². The largest absolute Gasteiger partial charge is 0.348 e. The lowest BCUT2D eigenvalue weighted by molar-refractivity contribution is 0.0965. The molecule has 0 unspecified atom stereocenters. The zero-order chi connectivity index (χ0) is 28.0. The van der Waals surface area contributed by atoms with Gasteiger partial charge in [-0.05, 0) is 59.2 Å². The second-order valence-electron chi connectivity index (χ2n) is 10.7. The third-order valence-electron chi connectivity index (χ3n) is 6.93. The number of halogens is 1. The number of hydrogen-bond donors (Lipinski definition) is 3. The van der Waals surface area contributed by atoms with Gasteiger partial charge in [0, 0.05) is 35.2 Å². The van der Waals surface area contributed by atoms with E-state index in [1.807, 2.05) is 63.2 Å². The monoisotopic (exact) mass is 534 g/mol. The minimum atomic E-state index is -0.605. The summed E-state index contributed by atoms with van der Waals surface area (Å²) in [6, 6.07) is 20.8. The van der Waals surface area contributed by atoms with E-state index in [0.717, 1.165) is 33.4 Å². The SMILES string of the molecule is CC(C)(C)c1cc(NC(=O)Nc2ccc(-c3cccc4c3CNC4=O)cc2F)n(-c2ccc3ncccc3c2)n1. The van der Waals surface area contributed by atoms with Crippen LogP contribution in [0.2, 0.25) is 0 Å². The van der Waals surface area contributed by atoms with Crippen LogP contribution in [0.5, 0.6) is 0 Å². The molecule has 0 bridgehead atoms. The summed E-state index contributed by atoms with van der Waals surface area (Å²) in [5.41, 5.74) is 4.97. The second kappa shape index (κ2) is 9.60. The Morgan fingerprint density at radius 1 is 0.975 bits per heavy atom. The summed E-state index contributed by atoms with van der Waals surface area (Å²) in [4.78, 5) is 29.4. The maximum absolute atomic E-state index is 15.2. The average Bonchev–Trinajstić information content (AvgIpc) is 3.53. The van der Waals surface area contributed by atoms with Gasteiger partial charge in [-0.1, -0.05) is 45.0 Å². The third kappa shape index (κ3) is 4.66. The van der Waals surface area contributed by atoms with Crippen molar-refractivity contribution < 1.29 is 14.0 Å². The highest BCUT2D eigenvalue weighted by Crippen LogP contribution is 2.32. The van der Waals surface area contributed by atoms with Crippen LogP contribution in [0.4, 0.5) is 20.7 Å². The van der Waals surface area contributed by atoms with E-state index in [4.69, 9.17) is 5.10 Å². The zero-order valence-corrected chi connectivity index (χ0v) is 22.2. The topological polar surface area (TPSA) is 101 Å². The first-order valence-corrected chi connectivity index (χ1v) is 12.9. The number of fused-ring (bicyclic) bond motifs is 2. The Bertz CT molecular complexity index is 1800. The van der Waals surface area contributed by atoms with E-state index < -0.39 is 11.8 Å². The number of aromatic nitrogens is 3. The Morgan fingerprint density at radius 3 is 2.60 bits per heavy atom. The van der Waals surface area contributed by atoms with Gasteiger partial charge in [-0.25, -0.2) is 13.9 Å². The molecule has 200 valence electrons. The average molecular weight is 535 g/mol. The van der Waals surface area contributed by atoms with Crippen LogP contribution in [-0.2, 0) is 12.0 Å². The number of urea groups is 1. The van der Waals surface area contributed by atoms with Crippen molar-refractivity contribution in [3.05, 3.63) is 102 Å². The van der Waals surface area contributed by atoms with E-state index in [9.17, 15) is 9.59 Å². The molecule has 3 aromatic carbocycles. The minimum absolute atomic E-state index is 0.0296. The van der Waals surface area contributed by atoms with Gasteiger partial charge in [-0.3, -0.25) is 15.1 Å². The summed E-state index contributed by atoms with van der Waals surface area (Å²) in [7, 11) is 0. The number of carbonyl (C=O) groups excluding carboxylic acids is 2. The first-order chi connectivity index (χ1) is 19.2. The Labute approximate surface area is 230 Å². The molecule has 1 aliphatic rings. The molecule has 5 aromatic rings. The lowest BCUT2D eigenvalue weighted by Gasteiger charge is -2.14. The highest BCUT2D eigenvalue weighted by atomic mass is 19.1. The van der Waals surface area contributed by atoms with Crippen molar-refractivity contribution in [1.82, 2.24) is 20.1 Å². The van der Waals surface area contributed by atoms with Crippen LogP contribution in [0.15, 0.2) is 79.0 Å². The van der Waals surface area contributed by atoms with Crippen LogP contribution in [0.1, 0.15) is 42.4 Å². The number of benzene rings is 3. The summed E-state index contributed by atoms with van der Waals surface area (Å²) >= 11 is 0. The van der Waals surface area contributed by atoms with E-state index in [2.05, 4.69) is 20.9 Å². The molecule has 0 atom stereocenters. The molecule has 40 heavy (non-hydrogen) atoms. The van der Waals surface area contributed by atoms with Crippen molar-refractivity contribution in [2.75, 3.05) is 10.6 Å². The van der Waals surface area contributed by atoms with Gasteiger partial charge in [0.2, 0.25) is 0 Å². The molecule has 1 aliphatic heterocycles. The van der Waals surface area contributed by atoms with Crippen LogP contribution in [0.3, 0.4) is 0 Å². The molecular weight excluding hydrogens is 507 g/mol. The Morgan fingerprint density at radius 2 is 1.80 bits per heavy atom. The first-order valence-electron chi connectivity index (χ1n) is 12.9. The molecule has 6 rings (SSSR count). The van der Waals surface area contributed by atoms with Gasteiger partial charge in [0.25, 0.3) is 5.91 Å². The maximum Gasteiger partial charge on any atom is 0.324 e. The predicted octanol–water partition coefficient (Wildman–Crippen LogP) is 6.41. The number of pyridine rings is 1. The molecule has 0 spiro atoms. The van der Waals surface area contributed by atoms with E-state index in [0.29, 0.717) is 23.5 Å². The van der Waals surface area contributed by atoms with E-state index in [1.54, 1.807) is 29.1 Å². The number of anilines is 2. The van der Waals surface area contributed by atoms with Crippen LogP contribution in [0.25, 0.3) is 27.7 Å². The van der Waals surface area contributed by atoms with Crippen molar-refractivity contribution in [1.29, 1.82) is 0 Å². The zero-order valence-electron chi connectivity index (χ0n) is 22.2. The van der Waals surface area contributed by atoms with Crippen molar-refractivity contribution >= 4 is 34.3 Å². The Kier molecular flexibility index (Phi) is 6.06. The molecule has 3 amide bonds. The van der Waals surface area contributed by atoms with Crippen LogP contribution in [0, 0.1) is 5.82 Å². The molecule has 0 saturated heterocycles. The van der Waals surface area contributed by atoms with Gasteiger partial charge >= 0.3 is 6.03 Å². The molecule has 3 N–H and O–H groups in total. The molecular formula is C31H27FN6O2. The van der Waals surface area contributed by atoms with Gasteiger partial charge in [-0.2, -0.15) is 5.10 Å². The maximum atomic E-state index is 15.2. The number of carbonyl (C=O) groups is 2. The van der Waals surface area contributed by atoms with E-state index >= 15 is 4.39 Å². The predicted molar refractivity (Wildman–Crippen MR) is 153 cm³/mol. The fourth-order valence-corrected chi connectivity index (χ4v) is 4.81. The van der Waals surface area contributed by atoms with Crippen molar-refractivity contribution in [2.24, 2.45) is 0 Å². The molecule has 0 aliphatic carbocycles. The summed E-state index contributed by atoms with van der Waals surface area (Å²) in [6.07, 6.45) is 1.74.